The summed E-state index contributed by atoms with van der Waals surface area (Å²) in [5.41, 5.74) is -0.419. The third-order valence-corrected chi connectivity index (χ3v) is 3.70. The lowest BCUT2D eigenvalue weighted by molar-refractivity contribution is -0.109. The molecule has 0 fully saturated rings. The van der Waals surface area contributed by atoms with Crippen molar-refractivity contribution in [3.05, 3.63) is 70.1 Å². The standard InChI is InChI=1S/C18H13NO6/c20-8-13(10-4-2-1-3-5-10)19-18(24)12-9-25-16-7-15(22)14(21)6-11(16)17(12)23/h1-9,13,21-22H,(H,19,24). The normalized spacial score (nSPS) is 11.8. The molecule has 1 atom stereocenters. The number of aldehydes is 1. The van der Waals surface area contributed by atoms with Crippen molar-refractivity contribution in [1.82, 2.24) is 5.32 Å². The highest BCUT2D eigenvalue weighted by Crippen LogP contribution is 2.28. The number of hydrogen-bond acceptors (Lipinski definition) is 6. The Morgan fingerprint density at radius 2 is 1.80 bits per heavy atom. The third kappa shape index (κ3) is 3.07. The number of carbonyl (C=O) groups is 2. The smallest absolute Gasteiger partial charge is 0.259 e. The van der Waals surface area contributed by atoms with Crippen LogP contribution in [0.2, 0.25) is 0 Å². The summed E-state index contributed by atoms with van der Waals surface area (Å²) in [5, 5.41) is 21.3. The average Bonchev–Trinajstić information content (AvgIpc) is 2.62. The van der Waals surface area contributed by atoms with E-state index in [1.807, 2.05) is 0 Å². The number of aromatic hydroxyl groups is 2. The van der Waals surface area contributed by atoms with Crippen molar-refractivity contribution in [1.29, 1.82) is 0 Å². The molecule has 0 saturated heterocycles. The van der Waals surface area contributed by atoms with Gasteiger partial charge in [0.15, 0.2) is 11.5 Å². The summed E-state index contributed by atoms with van der Waals surface area (Å²) < 4.78 is 5.18. The van der Waals surface area contributed by atoms with Crippen LogP contribution in [0.5, 0.6) is 11.5 Å². The number of hydrogen-bond donors (Lipinski definition) is 3. The third-order valence-electron chi connectivity index (χ3n) is 3.70. The summed E-state index contributed by atoms with van der Waals surface area (Å²) in [6, 6.07) is 9.72. The molecule has 3 aromatic rings. The van der Waals surface area contributed by atoms with E-state index in [-0.39, 0.29) is 16.5 Å². The second-order valence-corrected chi connectivity index (χ2v) is 5.31. The second kappa shape index (κ2) is 6.48. The summed E-state index contributed by atoms with van der Waals surface area (Å²) in [4.78, 5) is 36.1. The molecular formula is C18H13NO6. The van der Waals surface area contributed by atoms with Crippen molar-refractivity contribution >= 4 is 23.2 Å². The number of nitrogens with one attached hydrogen (secondary N) is 1. The Hall–Kier alpha value is -3.61. The predicted molar refractivity (Wildman–Crippen MR) is 88.5 cm³/mol. The minimum Gasteiger partial charge on any atom is -0.504 e. The number of fused-ring (bicyclic) bond motifs is 1. The zero-order valence-electron chi connectivity index (χ0n) is 12.8. The average molecular weight is 339 g/mol. The first-order valence-corrected chi connectivity index (χ1v) is 7.30. The second-order valence-electron chi connectivity index (χ2n) is 5.31. The van der Waals surface area contributed by atoms with Crippen LogP contribution >= 0.6 is 0 Å². The first kappa shape index (κ1) is 16.3. The van der Waals surface area contributed by atoms with E-state index >= 15 is 0 Å². The highest BCUT2D eigenvalue weighted by atomic mass is 16.3. The Kier molecular flexibility index (Phi) is 4.21. The summed E-state index contributed by atoms with van der Waals surface area (Å²) in [6.45, 7) is 0. The van der Waals surface area contributed by atoms with E-state index in [9.17, 15) is 24.6 Å². The molecule has 0 bridgehead atoms. The quantitative estimate of drug-likeness (QED) is 0.493. The molecule has 1 amide bonds. The Bertz CT molecular complexity index is 1010. The van der Waals surface area contributed by atoms with Gasteiger partial charge in [-0.05, 0) is 11.6 Å². The van der Waals surface area contributed by atoms with Gasteiger partial charge in [0.1, 0.15) is 29.7 Å². The lowest BCUT2D eigenvalue weighted by Crippen LogP contribution is -2.32. The van der Waals surface area contributed by atoms with Crippen LogP contribution < -0.4 is 10.7 Å². The van der Waals surface area contributed by atoms with Crippen molar-refractivity contribution in [2.24, 2.45) is 0 Å². The van der Waals surface area contributed by atoms with Gasteiger partial charge in [-0.3, -0.25) is 9.59 Å². The fraction of sp³-hybridized carbons (Fsp3) is 0.0556. The van der Waals surface area contributed by atoms with Gasteiger partial charge in [-0.1, -0.05) is 30.3 Å². The van der Waals surface area contributed by atoms with Crippen LogP contribution in [0.25, 0.3) is 11.0 Å². The number of phenolic OH excluding ortho intramolecular Hbond substituents is 2. The molecule has 1 unspecified atom stereocenters. The number of benzene rings is 2. The summed E-state index contributed by atoms with van der Waals surface area (Å²) in [7, 11) is 0. The van der Waals surface area contributed by atoms with Gasteiger partial charge in [0.2, 0.25) is 5.43 Å². The van der Waals surface area contributed by atoms with Gasteiger partial charge in [0, 0.05) is 6.07 Å². The maximum absolute atomic E-state index is 12.4. The van der Waals surface area contributed by atoms with E-state index in [2.05, 4.69) is 5.32 Å². The van der Waals surface area contributed by atoms with Gasteiger partial charge in [-0.2, -0.15) is 0 Å². The Labute approximate surface area is 141 Å². The molecule has 0 radical (unpaired) electrons. The van der Waals surface area contributed by atoms with E-state index < -0.39 is 28.9 Å². The van der Waals surface area contributed by atoms with Crippen LogP contribution in [0.1, 0.15) is 22.0 Å². The Morgan fingerprint density at radius 3 is 2.48 bits per heavy atom. The first-order valence-electron chi connectivity index (χ1n) is 7.30. The monoisotopic (exact) mass is 339 g/mol. The molecule has 7 heteroatoms. The molecule has 25 heavy (non-hydrogen) atoms. The highest BCUT2D eigenvalue weighted by Gasteiger charge is 2.20. The van der Waals surface area contributed by atoms with Crippen molar-refractivity contribution in [3.63, 3.8) is 0 Å². The molecule has 2 aromatic carbocycles. The fourth-order valence-corrected chi connectivity index (χ4v) is 2.39. The van der Waals surface area contributed by atoms with Gasteiger partial charge in [-0.15, -0.1) is 0 Å². The predicted octanol–water partition coefficient (Wildman–Crippen LogP) is 1.87. The van der Waals surface area contributed by atoms with Crippen LogP contribution in [0.15, 0.2) is 57.9 Å². The van der Waals surface area contributed by atoms with Crippen molar-refractivity contribution in [2.75, 3.05) is 0 Å². The van der Waals surface area contributed by atoms with E-state index in [4.69, 9.17) is 4.42 Å². The van der Waals surface area contributed by atoms with Crippen LogP contribution in [0, 0.1) is 0 Å². The van der Waals surface area contributed by atoms with Crippen LogP contribution in [0.4, 0.5) is 0 Å². The van der Waals surface area contributed by atoms with Crippen LogP contribution in [0.3, 0.4) is 0 Å². The number of carbonyl (C=O) groups excluding carboxylic acids is 2. The van der Waals surface area contributed by atoms with E-state index in [0.717, 1.165) is 18.4 Å². The van der Waals surface area contributed by atoms with Gasteiger partial charge in [0.05, 0.1) is 5.39 Å². The van der Waals surface area contributed by atoms with Gasteiger partial charge in [0.25, 0.3) is 5.91 Å². The van der Waals surface area contributed by atoms with Crippen molar-refractivity contribution in [3.8, 4) is 11.5 Å². The topological polar surface area (TPSA) is 117 Å². The lowest BCUT2D eigenvalue weighted by Gasteiger charge is -2.13. The number of rotatable bonds is 4. The molecule has 0 saturated carbocycles. The van der Waals surface area contributed by atoms with Gasteiger partial charge in [-0.25, -0.2) is 0 Å². The van der Waals surface area contributed by atoms with Crippen molar-refractivity contribution in [2.45, 2.75) is 6.04 Å². The summed E-state index contributed by atoms with van der Waals surface area (Å²) in [6.07, 6.45) is 1.50. The molecule has 3 N–H and O–H groups in total. The largest absolute Gasteiger partial charge is 0.504 e. The van der Waals surface area contributed by atoms with E-state index in [1.165, 1.54) is 0 Å². The fourth-order valence-electron chi connectivity index (χ4n) is 2.39. The molecule has 0 aliphatic carbocycles. The molecule has 0 spiro atoms. The molecule has 1 heterocycles. The zero-order chi connectivity index (χ0) is 18.0. The SMILES string of the molecule is O=CC(NC(=O)c1coc2cc(O)c(O)cc2c1=O)c1ccccc1. The molecule has 0 aliphatic heterocycles. The highest BCUT2D eigenvalue weighted by molar-refractivity contribution is 5.98. The van der Waals surface area contributed by atoms with E-state index in [1.54, 1.807) is 30.3 Å². The van der Waals surface area contributed by atoms with Gasteiger partial charge >= 0.3 is 0 Å². The molecule has 0 aliphatic rings. The molecule has 1 aromatic heterocycles. The van der Waals surface area contributed by atoms with Gasteiger partial charge < -0.3 is 24.7 Å². The van der Waals surface area contributed by atoms with E-state index in [0.29, 0.717) is 11.8 Å². The lowest BCUT2D eigenvalue weighted by atomic mass is 10.1. The molecular weight excluding hydrogens is 326 g/mol. The Morgan fingerprint density at radius 1 is 1.12 bits per heavy atom. The van der Waals surface area contributed by atoms with Crippen molar-refractivity contribution < 1.29 is 24.2 Å². The number of phenols is 2. The minimum atomic E-state index is -0.919. The molecule has 126 valence electrons. The first-order chi connectivity index (χ1) is 12.0. The maximum atomic E-state index is 12.4. The summed E-state index contributed by atoms with van der Waals surface area (Å²) >= 11 is 0. The maximum Gasteiger partial charge on any atom is 0.259 e. The zero-order valence-corrected chi connectivity index (χ0v) is 12.8. The molecule has 3 rings (SSSR count). The van der Waals surface area contributed by atoms with Crippen LogP contribution in [-0.2, 0) is 4.79 Å². The summed E-state index contributed by atoms with van der Waals surface area (Å²) in [5.74, 6) is -1.74. The number of amides is 1. The van der Waals surface area contributed by atoms with Crippen LogP contribution in [-0.4, -0.2) is 22.4 Å². The molecule has 7 nitrogen and oxygen atoms in total. The Balaban J connectivity index is 1.97. The minimum absolute atomic E-state index is 0.0202.